The van der Waals surface area contributed by atoms with E-state index < -0.39 is 0 Å². The third-order valence-corrected chi connectivity index (χ3v) is 8.62. The van der Waals surface area contributed by atoms with Crippen LogP contribution in [-0.4, -0.2) is 0 Å². The molecule has 0 unspecified atom stereocenters. The molecule has 0 aliphatic rings. The van der Waals surface area contributed by atoms with Crippen molar-refractivity contribution in [1.82, 2.24) is 0 Å². The van der Waals surface area contributed by atoms with E-state index in [1.54, 1.807) is 0 Å². The van der Waals surface area contributed by atoms with E-state index in [4.69, 9.17) is 4.42 Å². The second kappa shape index (κ2) is 8.95. The van der Waals surface area contributed by atoms with Crippen molar-refractivity contribution in [3.63, 3.8) is 0 Å². The molecule has 0 atom stereocenters. The summed E-state index contributed by atoms with van der Waals surface area (Å²) in [4.78, 5) is 2.36. The quantitative estimate of drug-likeness (QED) is 0.209. The van der Waals surface area contributed by atoms with Gasteiger partial charge in [0.25, 0.3) is 0 Å². The van der Waals surface area contributed by atoms with Crippen LogP contribution in [0.2, 0.25) is 0 Å². The molecular formula is C40H25NO. The topological polar surface area (TPSA) is 16.4 Å². The van der Waals surface area contributed by atoms with Crippen LogP contribution in [0.3, 0.4) is 0 Å². The van der Waals surface area contributed by atoms with Crippen LogP contribution in [-0.2, 0) is 0 Å². The minimum atomic E-state index is 0.886. The monoisotopic (exact) mass is 535 g/mol. The molecule has 0 spiro atoms. The molecule has 196 valence electrons. The molecule has 0 saturated heterocycles. The zero-order valence-corrected chi connectivity index (χ0v) is 22.8. The van der Waals surface area contributed by atoms with Gasteiger partial charge in [-0.15, -0.1) is 0 Å². The molecule has 1 heterocycles. The lowest BCUT2D eigenvalue weighted by Gasteiger charge is -2.27. The predicted molar refractivity (Wildman–Crippen MR) is 178 cm³/mol. The van der Waals surface area contributed by atoms with E-state index in [-0.39, 0.29) is 0 Å². The normalized spacial score (nSPS) is 11.8. The Balaban J connectivity index is 1.39. The molecule has 0 radical (unpaired) electrons. The summed E-state index contributed by atoms with van der Waals surface area (Å²) in [7, 11) is 0. The number of para-hydroxylation sites is 3. The van der Waals surface area contributed by atoms with Crippen molar-refractivity contribution in [2.75, 3.05) is 4.90 Å². The summed E-state index contributed by atoms with van der Waals surface area (Å²) in [5.41, 5.74) is 5.01. The lowest BCUT2D eigenvalue weighted by atomic mass is 9.93. The van der Waals surface area contributed by atoms with Crippen LogP contribution in [0.15, 0.2) is 156 Å². The highest BCUT2D eigenvalue weighted by atomic mass is 16.3. The molecule has 0 amide bonds. The first-order valence-corrected chi connectivity index (χ1v) is 14.4. The van der Waals surface area contributed by atoms with E-state index in [0.717, 1.165) is 39.0 Å². The highest BCUT2D eigenvalue weighted by Crippen LogP contribution is 2.46. The summed E-state index contributed by atoms with van der Waals surface area (Å²) < 4.78 is 6.56. The van der Waals surface area contributed by atoms with E-state index in [9.17, 15) is 0 Å². The Morgan fingerprint density at radius 2 is 0.952 bits per heavy atom. The number of furan rings is 1. The van der Waals surface area contributed by atoms with Gasteiger partial charge in [-0.3, -0.25) is 0 Å². The summed E-state index contributed by atoms with van der Waals surface area (Å²) in [6.07, 6.45) is 0. The minimum Gasteiger partial charge on any atom is -0.454 e. The molecule has 0 fully saturated rings. The van der Waals surface area contributed by atoms with Crippen LogP contribution >= 0.6 is 0 Å². The average molecular weight is 536 g/mol. The van der Waals surface area contributed by atoms with E-state index in [1.807, 2.05) is 12.1 Å². The number of nitrogens with zero attached hydrogens (tertiary/aromatic N) is 1. The van der Waals surface area contributed by atoms with Crippen molar-refractivity contribution in [2.24, 2.45) is 0 Å². The number of hydrogen-bond donors (Lipinski definition) is 0. The number of anilines is 3. The Hall–Kier alpha value is -5.60. The van der Waals surface area contributed by atoms with Crippen molar-refractivity contribution in [3.05, 3.63) is 152 Å². The molecule has 9 rings (SSSR count). The number of benzene rings is 8. The molecular weight excluding hydrogens is 510 g/mol. The Morgan fingerprint density at radius 1 is 0.357 bits per heavy atom. The second-order valence-corrected chi connectivity index (χ2v) is 10.9. The first-order chi connectivity index (χ1) is 20.8. The maximum Gasteiger partial charge on any atom is 0.159 e. The lowest BCUT2D eigenvalue weighted by Crippen LogP contribution is -2.10. The summed E-state index contributed by atoms with van der Waals surface area (Å²) in [5.74, 6) is 0. The van der Waals surface area contributed by atoms with E-state index >= 15 is 0 Å². The fourth-order valence-corrected chi connectivity index (χ4v) is 6.75. The second-order valence-electron chi connectivity index (χ2n) is 10.9. The maximum atomic E-state index is 6.56. The molecule has 0 bridgehead atoms. The molecule has 2 heteroatoms. The Morgan fingerprint density at radius 3 is 1.86 bits per heavy atom. The largest absolute Gasteiger partial charge is 0.454 e. The Bertz CT molecular complexity index is 2470. The average Bonchev–Trinajstić information content (AvgIpc) is 3.44. The van der Waals surface area contributed by atoms with Crippen molar-refractivity contribution in [2.45, 2.75) is 0 Å². The SMILES string of the molecule is c1ccc(N(c2cccc3c2oc2ccccc23)c2cccc3ccc4c5ccc6ccccc6c5ccc4c23)cc1. The standard InChI is InChI=1S/C40H25NO/c1-2-12-28(13-3-1)41(37-18-9-16-35-33-15-6-7-19-38(33)42-40(35)37)36-17-8-11-27-21-23-32-31-22-20-26-10-4-5-14-29(26)30(31)24-25-34(32)39(27)36/h1-25H. The lowest BCUT2D eigenvalue weighted by molar-refractivity contribution is 0.669. The fourth-order valence-electron chi connectivity index (χ4n) is 6.75. The highest BCUT2D eigenvalue weighted by Gasteiger charge is 2.21. The van der Waals surface area contributed by atoms with Crippen molar-refractivity contribution in [1.29, 1.82) is 0 Å². The summed E-state index contributed by atoms with van der Waals surface area (Å²) in [5, 5.41) is 12.3. The van der Waals surface area contributed by atoms with Crippen molar-refractivity contribution >= 4 is 82.1 Å². The van der Waals surface area contributed by atoms with Crippen molar-refractivity contribution in [3.8, 4) is 0 Å². The van der Waals surface area contributed by atoms with Crippen LogP contribution in [0.5, 0.6) is 0 Å². The van der Waals surface area contributed by atoms with E-state index in [0.29, 0.717) is 0 Å². The zero-order chi connectivity index (χ0) is 27.6. The van der Waals surface area contributed by atoms with E-state index in [2.05, 4.69) is 144 Å². The molecule has 2 nitrogen and oxygen atoms in total. The molecule has 9 aromatic rings. The first kappa shape index (κ1) is 23.1. The van der Waals surface area contributed by atoms with Gasteiger partial charge in [-0.05, 0) is 68.0 Å². The van der Waals surface area contributed by atoms with Gasteiger partial charge in [0.15, 0.2) is 5.58 Å². The molecule has 8 aromatic carbocycles. The van der Waals surface area contributed by atoms with Crippen LogP contribution in [0.25, 0.3) is 65.0 Å². The molecule has 0 aliphatic carbocycles. The van der Waals surface area contributed by atoms with Crippen LogP contribution in [0.4, 0.5) is 17.1 Å². The molecule has 1 aromatic heterocycles. The van der Waals surface area contributed by atoms with Gasteiger partial charge in [-0.1, -0.05) is 121 Å². The maximum absolute atomic E-state index is 6.56. The highest BCUT2D eigenvalue weighted by molar-refractivity contribution is 6.25. The first-order valence-electron chi connectivity index (χ1n) is 14.4. The van der Waals surface area contributed by atoms with E-state index in [1.165, 1.54) is 43.1 Å². The molecule has 0 aliphatic heterocycles. The summed E-state index contributed by atoms with van der Waals surface area (Å²) in [6.45, 7) is 0. The third-order valence-electron chi connectivity index (χ3n) is 8.62. The third kappa shape index (κ3) is 3.33. The zero-order valence-electron chi connectivity index (χ0n) is 22.8. The predicted octanol–water partition coefficient (Wildman–Crippen LogP) is 11.7. The number of rotatable bonds is 3. The van der Waals surface area contributed by atoms with Gasteiger partial charge >= 0.3 is 0 Å². The molecule has 42 heavy (non-hydrogen) atoms. The van der Waals surface area contributed by atoms with Gasteiger partial charge < -0.3 is 9.32 Å². The Labute approximate surface area is 242 Å². The smallest absolute Gasteiger partial charge is 0.159 e. The van der Waals surface area contributed by atoms with Gasteiger partial charge in [-0.2, -0.15) is 0 Å². The summed E-state index contributed by atoms with van der Waals surface area (Å²) >= 11 is 0. The summed E-state index contributed by atoms with van der Waals surface area (Å²) in [6, 6.07) is 54.3. The van der Waals surface area contributed by atoms with Crippen LogP contribution < -0.4 is 4.90 Å². The Kier molecular flexibility index (Phi) is 4.93. The van der Waals surface area contributed by atoms with Gasteiger partial charge in [0.05, 0.1) is 11.4 Å². The number of fused-ring (bicyclic) bond motifs is 10. The fraction of sp³-hybridized carbons (Fsp3) is 0. The number of hydrogen-bond acceptors (Lipinski definition) is 2. The van der Waals surface area contributed by atoms with Gasteiger partial charge in [0.1, 0.15) is 5.58 Å². The molecule has 0 N–H and O–H groups in total. The van der Waals surface area contributed by atoms with Gasteiger partial charge in [0, 0.05) is 21.8 Å². The van der Waals surface area contributed by atoms with Gasteiger partial charge in [-0.25, -0.2) is 0 Å². The van der Waals surface area contributed by atoms with Crippen molar-refractivity contribution < 1.29 is 4.42 Å². The van der Waals surface area contributed by atoms with Crippen LogP contribution in [0.1, 0.15) is 0 Å². The van der Waals surface area contributed by atoms with Crippen LogP contribution in [0, 0.1) is 0 Å². The van der Waals surface area contributed by atoms with Gasteiger partial charge in [0.2, 0.25) is 0 Å². The minimum absolute atomic E-state index is 0.886. The molecule has 0 saturated carbocycles.